The zero-order chi connectivity index (χ0) is 23.5. The molecule has 1 saturated heterocycles. The molecule has 2 aromatic rings. The molecule has 0 atom stereocenters. The van der Waals surface area contributed by atoms with Gasteiger partial charge in [0.25, 0.3) is 11.6 Å². The van der Waals surface area contributed by atoms with E-state index in [1.807, 2.05) is 45.0 Å². The van der Waals surface area contributed by atoms with Gasteiger partial charge in [-0.3, -0.25) is 14.9 Å². The van der Waals surface area contributed by atoms with E-state index in [1.54, 1.807) is 11.9 Å². The minimum atomic E-state index is -0.540. The lowest BCUT2D eigenvalue weighted by atomic mass is 10.1. The normalized spacial score (nSPS) is 14.1. The Morgan fingerprint density at radius 1 is 1.00 bits per heavy atom. The predicted molar refractivity (Wildman–Crippen MR) is 122 cm³/mol. The molecule has 0 saturated carbocycles. The SMILES string of the molecule is CN(C(=O)c1ccc([N+](=O)[O-])cc1)c1ccccc1N1CCN(C(=O)OC(C)(C)C)CC1. The number of benzene rings is 2. The number of hydrogen-bond acceptors (Lipinski definition) is 6. The van der Waals surface area contributed by atoms with Crippen LogP contribution in [0, 0.1) is 10.1 Å². The lowest BCUT2D eigenvalue weighted by molar-refractivity contribution is -0.384. The molecule has 9 nitrogen and oxygen atoms in total. The van der Waals surface area contributed by atoms with Gasteiger partial charge in [-0.05, 0) is 45.0 Å². The molecule has 0 aromatic heterocycles. The summed E-state index contributed by atoms with van der Waals surface area (Å²) in [7, 11) is 1.68. The lowest BCUT2D eigenvalue weighted by Crippen LogP contribution is -2.50. The number of piperazine rings is 1. The van der Waals surface area contributed by atoms with Crippen molar-refractivity contribution in [2.75, 3.05) is 43.0 Å². The van der Waals surface area contributed by atoms with Gasteiger partial charge in [-0.15, -0.1) is 0 Å². The number of amides is 2. The van der Waals surface area contributed by atoms with E-state index in [9.17, 15) is 19.7 Å². The summed E-state index contributed by atoms with van der Waals surface area (Å²) in [6.07, 6.45) is -0.323. The Bertz CT molecular complexity index is 992. The highest BCUT2D eigenvalue weighted by atomic mass is 16.6. The third kappa shape index (κ3) is 5.35. The number of rotatable bonds is 4. The van der Waals surface area contributed by atoms with Crippen LogP contribution in [-0.2, 0) is 4.74 Å². The van der Waals surface area contributed by atoms with Crippen LogP contribution in [0.15, 0.2) is 48.5 Å². The molecule has 0 unspecified atom stereocenters. The minimum absolute atomic E-state index is 0.0625. The zero-order valence-electron chi connectivity index (χ0n) is 18.8. The van der Waals surface area contributed by atoms with E-state index in [0.29, 0.717) is 31.7 Å². The fourth-order valence-corrected chi connectivity index (χ4v) is 3.50. The van der Waals surface area contributed by atoms with Gasteiger partial charge < -0.3 is 19.4 Å². The van der Waals surface area contributed by atoms with E-state index in [-0.39, 0.29) is 17.7 Å². The molecule has 0 N–H and O–H groups in total. The first-order chi connectivity index (χ1) is 15.1. The van der Waals surface area contributed by atoms with Crippen molar-refractivity contribution in [3.05, 3.63) is 64.2 Å². The Hall–Kier alpha value is -3.62. The number of anilines is 2. The smallest absolute Gasteiger partial charge is 0.410 e. The molecule has 1 heterocycles. The lowest BCUT2D eigenvalue weighted by Gasteiger charge is -2.38. The quantitative estimate of drug-likeness (QED) is 0.528. The molecular formula is C23H28N4O5. The maximum Gasteiger partial charge on any atom is 0.410 e. The number of hydrogen-bond donors (Lipinski definition) is 0. The Morgan fingerprint density at radius 2 is 1.59 bits per heavy atom. The monoisotopic (exact) mass is 440 g/mol. The number of para-hydroxylation sites is 2. The van der Waals surface area contributed by atoms with Crippen LogP contribution in [0.2, 0.25) is 0 Å². The molecule has 2 aromatic carbocycles. The van der Waals surface area contributed by atoms with Crippen LogP contribution in [0.5, 0.6) is 0 Å². The van der Waals surface area contributed by atoms with Crippen LogP contribution in [0.1, 0.15) is 31.1 Å². The summed E-state index contributed by atoms with van der Waals surface area (Å²) < 4.78 is 5.46. The van der Waals surface area contributed by atoms with Crippen molar-refractivity contribution < 1.29 is 19.2 Å². The van der Waals surface area contributed by atoms with E-state index in [0.717, 1.165) is 11.4 Å². The molecule has 32 heavy (non-hydrogen) atoms. The average Bonchev–Trinajstić information content (AvgIpc) is 2.77. The van der Waals surface area contributed by atoms with Crippen molar-refractivity contribution in [2.45, 2.75) is 26.4 Å². The molecule has 1 aliphatic heterocycles. The molecule has 0 spiro atoms. The molecular weight excluding hydrogens is 412 g/mol. The van der Waals surface area contributed by atoms with Crippen LogP contribution in [0.3, 0.4) is 0 Å². The summed E-state index contributed by atoms with van der Waals surface area (Å²) in [6, 6.07) is 13.1. The third-order valence-electron chi connectivity index (χ3n) is 5.14. The standard InChI is InChI=1S/C23H28N4O5/c1-23(2,3)32-22(29)26-15-13-25(14-16-26)20-8-6-5-7-19(20)24(4)21(28)17-9-11-18(12-10-17)27(30)31/h5-12H,13-16H2,1-4H3. The van der Waals surface area contributed by atoms with Gasteiger partial charge in [0.05, 0.1) is 16.3 Å². The van der Waals surface area contributed by atoms with Crippen LogP contribution in [0.25, 0.3) is 0 Å². The molecule has 1 fully saturated rings. The van der Waals surface area contributed by atoms with E-state index in [2.05, 4.69) is 4.90 Å². The van der Waals surface area contributed by atoms with Crippen molar-refractivity contribution in [2.24, 2.45) is 0 Å². The number of ether oxygens (including phenoxy) is 1. The highest BCUT2D eigenvalue weighted by molar-refractivity contribution is 6.07. The van der Waals surface area contributed by atoms with Crippen molar-refractivity contribution >= 4 is 29.1 Å². The second kappa shape index (κ2) is 9.25. The van der Waals surface area contributed by atoms with Gasteiger partial charge in [0, 0.05) is 50.9 Å². The second-order valence-electron chi connectivity index (χ2n) is 8.61. The Labute approximate surface area is 187 Å². The molecule has 3 rings (SSSR count). The van der Waals surface area contributed by atoms with E-state index < -0.39 is 10.5 Å². The van der Waals surface area contributed by atoms with Gasteiger partial charge in [-0.25, -0.2) is 4.79 Å². The molecule has 2 amide bonds. The molecule has 0 radical (unpaired) electrons. The number of nitro benzene ring substituents is 1. The van der Waals surface area contributed by atoms with Gasteiger partial charge in [0.15, 0.2) is 0 Å². The van der Waals surface area contributed by atoms with Crippen LogP contribution >= 0.6 is 0 Å². The first kappa shape index (κ1) is 23.1. The summed E-state index contributed by atoms with van der Waals surface area (Å²) in [4.78, 5) is 41.1. The van der Waals surface area contributed by atoms with Gasteiger partial charge in [-0.1, -0.05) is 12.1 Å². The summed E-state index contributed by atoms with van der Waals surface area (Å²) in [5.74, 6) is -0.264. The average molecular weight is 441 g/mol. The van der Waals surface area contributed by atoms with Gasteiger partial charge in [0.1, 0.15) is 5.60 Å². The van der Waals surface area contributed by atoms with Crippen LogP contribution < -0.4 is 9.80 Å². The Morgan fingerprint density at radius 3 is 2.16 bits per heavy atom. The number of carbonyl (C=O) groups is 2. The first-order valence-electron chi connectivity index (χ1n) is 10.4. The molecule has 0 bridgehead atoms. The van der Waals surface area contributed by atoms with Crippen LogP contribution in [-0.4, -0.2) is 60.7 Å². The molecule has 9 heteroatoms. The number of nitro groups is 1. The second-order valence-corrected chi connectivity index (χ2v) is 8.61. The largest absolute Gasteiger partial charge is 0.444 e. The van der Waals surface area contributed by atoms with E-state index >= 15 is 0 Å². The predicted octanol–water partition coefficient (Wildman–Crippen LogP) is 3.93. The molecule has 170 valence electrons. The van der Waals surface area contributed by atoms with Crippen molar-refractivity contribution in [1.82, 2.24) is 4.90 Å². The molecule has 1 aliphatic rings. The minimum Gasteiger partial charge on any atom is -0.444 e. The fraction of sp³-hybridized carbons (Fsp3) is 0.391. The maximum atomic E-state index is 13.0. The van der Waals surface area contributed by atoms with Gasteiger partial charge in [0.2, 0.25) is 0 Å². The van der Waals surface area contributed by atoms with E-state index in [1.165, 1.54) is 29.2 Å². The number of carbonyl (C=O) groups excluding carboxylic acids is 2. The summed E-state index contributed by atoms with van der Waals surface area (Å²) in [5, 5.41) is 10.9. The van der Waals surface area contributed by atoms with Gasteiger partial charge in [-0.2, -0.15) is 0 Å². The van der Waals surface area contributed by atoms with Gasteiger partial charge >= 0.3 is 6.09 Å². The fourth-order valence-electron chi connectivity index (χ4n) is 3.50. The number of non-ortho nitro benzene ring substituents is 1. The topological polar surface area (TPSA) is 96.2 Å². The van der Waals surface area contributed by atoms with Crippen molar-refractivity contribution in [3.8, 4) is 0 Å². The van der Waals surface area contributed by atoms with Crippen LogP contribution in [0.4, 0.5) is 21.9 Å². The summed E-state index contributed by atoms with van der Waals surface area (Å²) in [5.41, 5.74) is 1.37. The van der Waals surface area contributed by atoms with E-state index in [4.69, 9.17) is 4.74 Å². The Balaban J connectivity index is 1.73. The molecule has 0 aliphatic carbocycles. The third-order valence-corrected chi connectivity index (χ3v) is 5.14. The highest BCUT2D eigenvalue weighted by Gasteiger charge is 2.27. The zero-order valence-corrected chi connectivity index (χ0v) is 18.8. The Kier molecular flexibility index (Phi) is 6.67. The summed E-state index contributed by atoms with van der Waals surface area (Å²) in [6.45, 7) is 7.78. The maximum absolute atomic E-state index is 13.0. The van der Waals surface area contributed by atoms with Crippen molar-refractivity contribution in [1.29, 1.82) is 0 Å². The van der Waals surface area contributed by atoms with Crippen molar-refractivity contribution in [3.63, 3.8) is 0 Å². The summed E-state index contributed by atoms with van der Waals surface area (Å²) >= 11 is 0. The highest BCUT2D eigenvalue weighted by Crippen LogP contribution is 2.30. The first-order valence-corrected chi connectivity index (χ1v) is 10.4. The number of nitrogens with zero attached hydrogens (tertiary/aromatic N) is 4.